The van der Waals surface area contributed by atoms with E-state index >= 15 is 0 Å². The van der Waals surface area contributed by atoms with Crippen molar-refractivity contribution >= 4 is 5.84 Å². The summed E-state index contributed by atoms with van der Waals surface area (Å²) in [6, 6.07) is 8.72. The Kier molecular flexibility index (Phi) is 4.10. The SMILES string of the molecule is c1cc(CN2CCOCC2)cc(C2=NCCCN2)c1. The van der Waals surface area contributed by atoms with Gasteiger partial charge in [-0.15, -0.1) is 0 Å². The Labute approximate surface area is 114 Å². The van der Waals surface area contributed by atoms with Crippen LogP contribution in [0.5, 0.6) is 0 Å². The predicted octanol–water partition coefficient (Wildman–Crippen LogP) is 1.26. The van der Waals surface area contributed by atoms with Crippen LogP contribution in [0.3, 0.4) is 0 Å². The summed E-state index contributed by atoms with van der Waals surface area (Å²) < 4.78 is 5.39. The van der Waals surface area contributed by atoms with E-state index in [9.17, 15) is 0 Å². The third-order valence-electron chi connectivity index (χ3n) is 3.61. The monoisotopic (exact) mass is 259 g/mol. The van der Waals surface area contributed by atoms with Gasteiger partial charge in [-0.2, -0.15) is 0 Å². The van der Waals surface area contributed by atoms with Gasteiger partial charge in [-0.05, 0) is 18.1 Å². The van der Waals surface area contributed by atoms with Gasteiger partial charge in [0.1, 0.15) is 5.84 Å². The van der Waals surface area contributed by atoms with Crippen LogP contribution in [0.25, 0.3) is 0 Å². The highest BCUT2D eigenvalue weighted by Crippen LogP contribution is 2.11. The van der Waals surface area contributed by atoms with Gasteiger partial charge >= 0.3 is 0 Å². The molecule has 0 amide bonds. The summed E-state index contributed by atoms with van der Waals surface area (Å²) in [6.45, 7) is 6.75. The number of nitrogens with one attached hydrogen (secondary N) is 1. The average Bonchev–Trinajstić information content (AvgIpc) is 2.49. The maximum absolute atomic E-state index is 5.39. The van der Waals surface area contributed by atoms with Gasteiger partial charge in [0.15, 0.2) is 0 Å². The van der Waals surface area contributed by atoms with E-state index in [1.54, 1.807) is 0 Å². The summed E-state index contributed by atoms with van der Waals surface area (Å²) in [5, 5.41) is 3.38. The number of ether oxygens (including phenoxy) is 1. The van der Waals surface area contributed by atoms with Crippen molar-refractivity contribution in [2.24, 2.45) is 4.99 Å². The van der Waals surface area contributed by atoms with Crippen LogP contribution in [0.15, 0.2) is 29.3 Å². The molecule has 0 spiro atoms. The molecule has 19 heavy (non-hydrogen) atoms. The third kappa shape index (κ3) is 3.33. The number of hydrogen-bond acceptors (Lipinski definition) is 4. The first-order valence-electron chi connectivity index (χ1n) is 7.09. The topological polar surface area (TPSA) is 36.9 Å². The van der Waals surface area contributed by atoms with E-state index in [1.807, 2.05) is 0 Å². The first-order valence-corrected chi connectivity index (χ1v) is 7.09. The van der Waals surface area contributed by atoms with Crippen LogP contribution in [0, 0.1) is 0 Å². The minimum absolute atomic E-state index is 0.855. The summed E-state index contributed by atoms with van der Waals surface area (Å²) in [5.41, 5.74) is 2.57. The first-order chi connectivity index (χ1) is 9.42. The molecule has 0 aromatic heterocycles. The van der Waals surface area contributed by atoms with Gasteiger partial charge in [-0.3, -0.25) is 9.89 Å². The minimum atomic E-state index is 0.855. The van der Waals surface area contributed by atoms with Crippen LogP contribution in [-0.2, 0) is 11.3 Å². The predicted molar refractivity (Wildman–Crippen MR) is 76.6 cm³/mol. The van der Waals surface area contributed by atoms with E-state index in [0.29, 0.717) is 0 Å². The van der Waals surface area contributed by atoms with Gasteiger partial charge in [0.25, 0.3) is 0 Å². The Morgan fingerprint density at radius 2 is 2.16 bits per heavy atom. The number of morpholine rings is 1. The lowest BCUT2D eigenvalue weighted by Gasteiger charge is -2.26. The van der Waals surface area contributed by atoms with Crippen LogP contribution in [0.1, 0.15) is 17.5 Å². The maximum Gasteiger partial charge on any atom is 0.128 e. The van der Waals surface area contributed by atoms with Crippen molar-refractivity contribution in [1.29, 1.82) is 0 Å². The van der Waals surface area contributed by atoms with Crippen LogP contribution in [0.4, 0.5) is 0 Å². The van der Waals surface area contributed by atoms with E-state index in [0.717, 1.165) is 58.2 Å². The molecule has 0 unspecified atom stereocenters. The number of amidine groups is 1. The number of rotatable bonds is 3. The fraction of sp³-hybridized carbons (Fsp3) is 0.533. The molecule has 0 saturated carbocycles. The van der Waals surface area contributed by atoms with Crippen molar-refractivity contribution in [3.05, 3.63) is 35.4 Å². The molecule has 3 rings (SSSR count). The van der Waals surface area contributed by atoms with E-state index in [4.69, 9.17) is 4.74 Å². The molecule has 1 aromatic rings. The van der Waals surface area contributed by atoms with Crippen LogP contribution >= 0.6 is 0 Å². The van der Waals surface area contributed by atoms with Crippen LogP contribution < -0.4 is 5.32 Å². The van der Waals surface area contributed by atoms with Crippen molar-refractivity contribution < 1.29 is 4.74 Å². The van der Waals surface area contributed by atoms with Crippen molar-refractivity contribution in [2.75, 3.05) is 39.4 Å². The van der Waals surface area contributed by atoms with Crippen molar-refractivity contribution in [2.45, 2.75) is 13.0 Å². The molecule has 0 aliphatic carbocycles. The average molecular weight is 259 g/mol. The molecule has 1 fully saturated rings. The summed E-state index contributed by atoms with van der Waals surface area (Å²) in [7, 11) is 0. The highest BCUT2D eigenvalue weighted by atomic mass is 16.5. The number of hydrogen-bond donors (Lipinski definition) is 1. The normalized spacial score (nSPS) is 20.7. The quantitative estimate of drug-likeness (QED) is 0.888. The molecule has 2 heterocycles. The molecule has 1 N–H and O–H groups in total. The largest absolute Gasteiger partial charge is 0.379 e. The molecule has 1 aromatic carbocycles. The van der Waals surface area contributed by atoms with Crippen molar-refractivity contribution in [3.8, 4) is 0 Å². The van der Waals surface area contributed by atoms with Crippen molar-refractivity contribution in [3.63, 3.8) is 0 Å². The van der Waals surface area contributed by atoms with Gasteiger partial charge < -0.3 is 10.1 Å². The van der Waals surface area contributed by atoms with Gasteiger partial charge in [0.2, 0.25) is 0 Å². The van der Waals surface area contributed by atoms with E-state index < -0.39 is 0 Å². The van der Waals surface area contributed by atoms with Gasteiger partial charge in [-0.25, -0.2) is 0 Å². The highest BCUT2D eigenvalue weighted by Gasteiger charge is 2.12. The van der Waals surface area contributed by atoms with Gasteiger partial charge in [0, 0.05) is 38.3 Å². The second kappa shape index (κ2) is 6.17. The molecule has 102 valence electrons. The summed E-state index contributed by atoms with van der Waals surface area (Å²) in [6.07, 6.45) is 1.14. The smallest absolute Gasteiger partial charge is 0.128 e. The molecular weight excluding hydrogens is 238 g/mol. The molecule has 2 aliphatic rings. The molecule has 4 nitrogen and oxygen atoms in total. The zero-order valence-electron chi connectivity index (χ0n) is 11.3. The molecule has 2 aliphatic heterocycles. The van der Waals surface area contributed by atoms with Crippen LogP contribution in [-0.4, -0.2) is 50.1 Å². The molecule has 4 heteroatoms. The highest BCUT2D eigenvalue weighted by molar-refractivity contribution is 5.99. The summed E-state index contributed by atoms with van der Waals surface area (Å²) in [5.74, 6) is 1.05. The fourth-order valence-electron chi connectivity index (χ4n) is 2.56. The number of nitrogens with zero attached hydrogens (tertiary/aromatic N) is 2. The zero-order valence-corrected chi connectivity index (χ0v) is 11.3. The zero-order chi connectivity index (χ0) is 12.9. The summed E-state index contributed by atoms with van der Waals surface area (Å²) in [4.78, 5) is 7.00. The Morgan fingerprint density at radius 3 is 2.95 bits per heavy atom. The second-order valence-corrected chi connectivity index (χ2v) is 5.10. The maximum atomic E-state index is 5.39. The van der Waals surface area contributed by atoms with E-state index in [1.165, 1.54) is 11.1 Å². The molecule has 0 radical (unpaired) electrons. The molecule has 0 bridgehead atoms. The standard InChI is InChI=1S/C15H21N3O/c1-3-13(12-18-7-9-19-10-8-18)11-14(4-1)15-16-5-2-6-17-15/h1,3-4,11H,2,5-10,12H2,(H,16,17). The molecular formula is C15H21N3O. The minimum Gasteiger partial charge on any atom is -0.379 e. The lowest BCUT2D eigenvalue weighted by atomic mass is 10.1. The van der Waals surface area contributed by atoms with E-state index in [2.05, 4.69) is 39.5 Å². The fourth-order valence-corrected chi connectivity index (χ4v) is 2.56. The van der Waals surface area contributed by atoms with E-state index in [-0.39, 0.29) is 0 Å². The molecule has 0 atom stereocenters. The third-order valence-corrected chi connectivity index (χ3v) is 3.61. The second-order valence-electron chi connectivity index (χ2n) is 5.10. The Hall–Kier alpha value is -1.39. The van der Waals surface area contributed by atoms with Crippen molar-refractivity contribution in [1.82, 2.24) is 10.2 Å². The Morgan fingerprint density at radius 1 is 1.26 bits per heavy atom. The number of aliphatic imine (C=N–C) groups is 1. The number of benzene rings is 1. The lowest BCUT2D eigenvalue weighted by Crippen LogP contribution is -2.35. The van der Waals surface area contributed by atoms with Crippen LogP contribution in [0.2, 0.25) is 0 Å². The first kappa shape index (κ1) is 12.6. The lowest BCUT2D eigenvalue weighted by molar-refractivity contribution is 0.0342. The van der Waals surface area contributed by atoms with Gasteiger partial charge in [-0.1, -0.05) is 18.2 Å². The Balaban J connectivity index is 1.70. The van der Waals surface area contributed by atoms with Gasteiger partial charge in [0.05, 0.1) is 13.2 Å². The Bertz CT molecular complexity index is 452. The molecule has 1 saturated heterocycles. The summed E-state index contributed by atoms with van der Waals surface area (Å²) >= 11 is 0.